The van der Waals surface area contributed by atoms with Gasteiger partial charge in [-0.1, -0.05) is 30.7 Å². The van der Waals surface area contributed by atoms with Crippen LogP contribution in [0.25, 0.3) is 0 Å². The number of hydrogen-bond donors (Lipinski definition) is 1. The van der Waals surface area contributed by atoms with Gasteiger partial charge in [-0.25, -0.2) is 4.39 Å². The van der Waals surface area contributed by atoms with Crippen LogP contribution >= 0.6 is 11.6 Å². The molecule has 1 aromatic carbocycles. The first-order valence-electron chi connectivity index (χ1n) is 6.20. The van der Waals surface area contributed by atoms with Crippen molar-refractivity contribution in [1.29, 1.82) is 0 Å². The molecule has 0 atom stereocenters. The van der Waals surface area contributed by atoms with E-state index in [1.807, 2.05) is 6.92 Å². The maximum atomic E-state index is 13.8. The Bertz CT molecular complexity index is 455. The first kappa shape index (κ1) is 13.5. The number of halogens is 2. The zero-order chi connectivity index (χ0) is 13.2. The first-order chi connectivity index (χ1) is 8.53. The Morgan fingerprint density at radius 2 is 2.11 bits per heavy atom. The highest BCUT2D eigenvalue weighted by Gasteiger charge is 2.34. The molecule has 0 amide bonds. The van der Waals surface area contributed by atoms with Crippen molar-refractivity contribution in [3.05, 3.63) is 34.6 Å². The average Bonchev–Trinajstić information content (AvgIpc) is 2.36. The van der Waals surface area contributed by atoms with Crippen molar-refractivity contribution in [1.82, 2.24) is 5.32 Å². The lowest BCUT2D eigenvalue weighted by Crippen LogP contribution is -2.40. The molecule has 1 aliphatic heterocycles. The third kappa shape index (κ3) is 2.73. The monoisotopic (exact) mass is 269 g/mol. The van der Waals surface area contributed by atoms with Crippen LogP contribution in [0, 0.1) is 11.2 Å². The van der Waals surface area contributed by atoms with Crippen LogP contribution in [-0.4, -0.2) is 18.9 Å². The lowest BCUT2D eigenvalue weighted by molar-refractivity contribution is -0.128. The normalized spacial score (nSPS) is 18.6. The maximum absolute atomic E-state index is 13.8. The molecule has 1 N–H and O–H groups in total. The largest absolute Gasteiger partial charge is 0.317 e. The van der Waals surface area contributed by atoms with E-state index in [0.29, 0.717) is 5.56 Å². The van der Waals surface area contributed by atoms with Crippen LogP contribution in [0.3, 0.4) is 0 Å². The van der Waals surface area contributed by atoms with E-state index in [-0.39, 0.29) is 22.6 Å². The SMILES string of the molecule is CC1(C(=O)Cc2cccc(Cl)c2F)CCNCC1. The van der Waals surface area contributed by atoms with Crippen LogP contribution in [0.1, 0.15) is 25.3 Å². The van der Waals surface area contributed by atoms with Crippen LogP contribution < -0.4 is 5.32 Å². The van der Waals surface area contributed by atoms with Gasteiger partial charge >= 0.3 is 0 Å². The fourth-order valence-corrected chi connectivity index (χ4v) is 2.52. The number of benzene rings is 1. The van der Waals surface area contributed by atoms with E-state index < -0.39 is 5.82 Å². The molecule has 18 heavy (non-hydrogen) atoms. The molecule has 98 valence electrons. The van der Waals surface area contributed by atoms with Crippen molar-refractivity contribution in [2.24, 2.45) is 5.41 Å². The molecule has 0 spiro atoms. The van der Waals surface area contributed by atoms with Gasteiger partial charge in [-0.15, -0.1) is 0 Å². The summed E-state index contributed by atoms with van der Waals surface area (Å²) in [5, 5.41) is 3.31. The Hall–Kier alpha value is -0.930. The van der Waals surface area contributed by atoms with Crippen molar-refractivity contribution in [3.8, 4) is 0 Å². The van der Waals surface area contributed by atoms with E-state index in [1.54, 1.807) is 12.1 Å². The molecule has 0 bridgehead atoms. The number of carbonyl (C=O) groups is 1. The molecule has 1 saturated heterocycles. The molecule has 1 aliphatic rings. The summed E-state index contributed by atoms with van der Waals surface area (Å²) in [6, 6.07) is 4.81. The maximum Gasteiger partial charge on any atom is 0.145 e. The predicted molar refractivity (Wildman–Crippen MR) is 70.3 cm³/mol. The molecule has 2 rings (SSSR count). The Balaban J connectivity index is 2.13. The summed E-state index contributed by atoms with van der Waals surface area (Å²) in [4.78, 5) is 12.3. The Kier molecular flexibility index (Phi) is 4.03. The van der Waals surface area contributed by atoms with Crippen LogP contribution in [0.2, 0.25) is 5.02 Å². The van der Waals surface area contributed by atoms with Gasteiger partial charge in [-0.2, -0.15) is 0 Å². The van der Waals surface area contributed by atoms with Gasteiger partial charge in [0, 0.05) is 11.8 Å². The molecule has 0 aromatic heterocycles. The Morgan fingerprint density at radius 3 is 2.78 bits per heavy atom. The lowest BCUT2D eigenvalue weighted by atomic mass is 9.75. The van der Waals surface area contributed by atoms with Crippen molar-refractivity contribution < 1.29 is 9.18 Å². The number of nitrogens with one attached hydrogen (secondary N) is 1. The van der Waals surface area contributed by atoms with Crippen molar-refractivity contribution in [2.45, 2.75) is 26.2 Å². The topological polar surface area (TPSA) is 29.1 Å². The number of hydrogen-bond acceptors (Lipinski definition) is 2. The summed E-state index contributed by atoms with van der Waals surface area (Å²) >= 11 is 5.72. The summed E-state index contributed by atoms with van der Waals surface area (Å²) in [6.07, 6.45) is 1.75. The second kappa shape index (κ2) is 5.37. The molecule has 2 nitrogen and oxygen atoms in total. The number of Topliss-reactive ketones (excluding diaryl/α,β-unsaturated/α-hetero) is 1. The van der Waals surface area contributed by atoms with Gasteiger partial charge in [0.05, 0.1) is 5.02 Å². The van der Waals surface area contributed by atoms with Gasteiger partial charge in [0.15, 0.2) is 0 Å². The molecule has 0 radical (unpaired) electrons. The molecular weight excluding hydrogens is 253 g/mol. The van der Waals surface area contributed by atoms with E-state index in [4.69, 9.17) is 11.6 Å². The van der Waals surface area contributed by atoms with Gasteiger partial charge in [0.25, 0.3) is 0 Å². The molecule has 0 aliphatic carbocycles. The third-order valence-corrected chi connectivity index (χ3v) is 4.05. The van der Waals surface area contributed by atoms with Crippen LogP contribution in [0.4, 0.5) is 4.39 Å². The fraction of sp³-hybridized carbons (Fsp3) is 0.500. The molecule has 1 fully saturated rings. The standard InChI is InChI=1S/C14H17ClFNO/c1-14(5-7-17-8-6-14)12(18)9-10-3-2-4-11(15)13(10)16/h2-4,17H,5-9H2,1H3. The minimum Gasteiger partial charge on any atom is -0.317 e. The fourth-order valence-electron chi connectivity index (χ4n) is 2.33. The van der Waals surface area contributed by atoms with E-state index in [0.717, 1.165) is 25.9 Å². The van der Waals surface area contributed by atoms with Gasteiger partial charge in [-0.3, -0.25) is 4.79 Å². The third-order valence-electron chi connectivity index (χ3n) is 3.76. The average molecular weight is 270 g/mol. The molecule has 1 heterocycles. The zero-order valence-corrected chi connectivity index (χ0v) is 11.2. The molecule has 0 saturated carbocycles. The summed E-state index contributed by atoms with van der Waals surface area (Å²) in [7, 11) is 0. The second-order valence-electron chi connectivity index (χ2n) is 5.12. The molecule has 0 unspecified atom stereocenters. The van der Waals surface area contributed by atoms with Gasteiger partial charge in [0.1, 0.15) is 11.6 Å². The van der Waals surface area contributed by atoms with Crippen LogP contribution in [-0.2, 0) is 11.2 Å². The first-order valence-corrected chi connectivity index (χ1v) is 6.58. The smallest absolute Gasteiger partial charge is 0.145 e. The quantitative estimate of drug-likeness (QED) is 0.914. The summed E-state index contributed by atoms with van der Waals surface area (Å²) < 4.78 is 13.8. The Labute approximate surface area is 112 Å². The van der Waals surface area contributed by atoms with E-state index >= 15 is 0 Å². The summed E-state index contributed by atoms with van der Waals surface area (Å²) in [5.41, 5.74) is 0.0623. The summed E-state index contributed by atoms with van der Waals surface area (Å²) in [6.45, 7) is 3.67. The van der Waals surface area contributed by atoms with Crippen molar-refractivity contribution in [2.75, 3.05) is 13.1 Å². The highest BCUT2D eigenvalue weighted by molar-refractivity contribution is 6.30. The van der Waals surface area contributed by atoms with Gasteiger partial charge < -0.3 is 5.32 Å². The van der Waals surface area contributed by atoms with Gasteiger partial charge in [0.2, 0.25) is 0 Å². The number of piperidine rings is 1. The van der Waals surface area contributed by atoms with Crippen LogP contribution in [0.5, 0.6) is 0 Å². The van der Waals surface area contributed by atoms with E-state index in [9.17, 15) is 9.18 Å². The lowest BCUT2D eigenvalue weighted by Gasteiger charge is -2.32. The molecule has 1 aromatic rings. The molecule has 4 heteroatoms. The summed E-state index contributed by atoms with van der Waals surface area (Å²) in [5.74, 6) is -0.366. The number of ketones is 1. The number of rotatable bonds is 3. The minimum absolute atomic E-state index is 0.0794. The Morgan fingerprint density at radius 1 is 1.44 bits per heavy atom. The van der Waals surface area contributed by atoms with E-state index in [1.165, 1.54) is 6.07 Å². The minimum atomic E-state index is -0.468. The van der Waals surface area contributed by atoms with Crippen molar-refractivity contribution >= 4 is 17.4 Å². The predicted octanol–water partition coefficient (Wildman–Crippen LogP) is 2.98. The molecular formula is C14H17ClFNO. The highest BCUT2D eigenvalue weighted by Crippen LogP contribution is 2.31. The van der Waals surface area contributed by atoms with Crippen LogP contribution in [0.15, 0.2) is 18.2 Å². The van der Waals surface area contributed by atoms with Crippen molar-refractivity contribution in [3.63, 3.8) is 0 Å². The highest BCUT2D eigenvalue weighted by atomic mass is 35.5. The van der Waals surface area contributed by atoms with E-state index in [2.05, 4.69) is 5.32 Å². The number of carbonyl (C=O) groups excluding carboxylic acids is 1. The zero-order valence-electron chi connectivity index (χ0n) is 10.4. The van der Waals surface area contributed by atoms with Gasteiger partial charge in [-0.05, 0) is 37.6 Å². The second-order valence-corrected chi connectivity index (χ2v) is 5.53.